The van der Waals surface area contributed by atoms with Crippen molar-refractivity contribution in [1.82, 2.24) is 9.13 Å². The molecule has 1 rings (SSSR count). The number of nitrogen functional groups attached to an aromatic ring is 1. The summed E-state index contributed by atoms with van der Waals surface area (Å²) in [6, 6.07) is 0. The highest BCUT2D eigenvalue weighted by molar-refractivity contribution is 5.30. The molecule has 1 heterocycles. The van der Waals surface area contributed by atoms with Gasteiger partial charge in [0.25, 0.3) is 5.56 Å². The van der Waals surface area contributed by atoms with Crippen molar-refractivity contribution in [3.63, 3.8) is 0 Å². The van der Waals surface area contributed by atoms with Gasteiger partial charge in [0.1, 0.15) is 5.69 Å². The third kappa shape index (κ3) is 3.45. The summed E-state index contributed by atoms with van der Waals surface area (Å²) in [5.74, 6) is 0. The van der Waals surface area contributed by atoms with E-state index < -0.39 is 5.56 Å². The highest BCUT2D eigenvalue weighted by Crippen LogP contribution is 2.00. The van der Waals surface area contributed by atoms with Crippen LogP contribution >= 0.6 is 0 Å². The molecule has 0 aromatic carbocycles. The molecule has 17 heavy (non-hydrogen) atoms. The lowest BCUT2D eigenvalue weighted by atomic mass is 10.2. The molecule has 0 fully saturated rings. The van der Waals surface area contributed by atoms with Gasteiger partial charge >= 0.3 is 5.69 Å². The molecular weight excluding hydrogens is 222 g/mol. The van der Waals surface area contributed by atoms with E-state index in [4.69, 9.17) is 10.8 Å². The Hall–Kier alpha value is -1.56. The molecule has 0 saturated carbocycles. The molecule has 0 radical (unpaired) electrons. The summed E-state index contributed by atoms with van der Waals surface area (Å²) in [7, 11) is 1.57. The van der Waals surface area contributed by atoms with Crippen LogP contribution in [0.15, 0.2) is 15.8 Å². The van der Waals surface area contributed by atoms with Gasteiger partial charge < -0.3 is 15.4 Å². The normalized spacial score (nSPS) is 10.7. The molecule has 0 saturated heterocycles. The van der Waals surface area contributed by atoms with Crippen molar-refractivity contribution in [2.24, 2.45) is 7.05 Å². The number of nitrogens with zero attached hydrogens (tertiary/aromatic N) is 2. The van der Waals surface area contributed by atoms with Gasteiger partial charge in [0.05, 0.1) is 0 Å². The highest BCUT2D eigenvalue weighted by Gasteiger charge is 2.06. The van der Waals surface area contributed by atoms with E-state index >= 15 is 0 Å². The van der Waals surface area contributed by atoms with Crippen LogP contribution in [0.2, 0.25) is 0 Å². The largest absolute Gasteiger partial charge is 0.396 e. The third-order valence-electron chi connectivity index (χ3n) is 2.65. The summed E-state index contributed by atoms with van der Waals surface area (Å²) < 4.78 is 2.47. The van der Waals surface area contributed by atoms with Crippen molar-refractivity contribution >= 4 is 5.69 Å². The van der Waals surface area contributed by atoms with E-state index in [-0.39, 0.29) is 18.0 Å². The van der Waals surface area contributed by atoms with Crippen molar-refractivity contribution in [2.45, 2.75) is 32.2 Å². The predicted octanol–water partition coefficient (Wildman–Crippen LogP) is -0.318. The van der Waals surface area contributed by atoms with Gasteiger partial charge in [-0.15, -0.1) is 0 Å². The Morgan fingerprint density at radius 3 is 2.53 bits per heavy atom. The van der Waals surface area contributed by atoms with E-state index in [0.29, 0.717) is 6.54 Å². The second kappa shape index (κ2) is 6.24. The molecule has 0 spiro atoms. The van der Waals surface area contributed by atoms with Gasteiger partial charge in [-0.05, 0) is 12.8 Å². The number of unbranched alkanes of at least 4 members (excludes halogenated alkanes) is 3. The van der Waals surface area contributed by atoms with Crippen LogP contribution in [0.1, 0.15) is 25.7 Å². The molecule has 0 unspecified atom stereocenters. The molecule has 0 aliphatic rings. The van der Waals surface area contributed by atoms with Crippen molar-refractivity contribution in [3.05, 3.63) is 27.0 Å². The van der Waals surface area contributed by atoms with Crippen LogP contribution in [0.3, 0.4) is 0 Å². The van der Waals surface area contributed by atoms with E-state index in [9.17, 15) is 9.59 Å². The van der Waals surface area contributed by atoms with E-state index in [1.807, 2.05) is 0 Å². The molecule has 0 atom stereocenters. The smallest absolute Gasteiger partial charge is 0.330 e. The molecule has 1 aromatic rings. The quantitative estimate of drug-likeness (QED) is 0.668. The summed E-state index contributed by atoms with van der Waals surface area (Å²) in [5, 5.41) is 8.62. The molecule has 0 aliphatic heterocycles. The minimum absolute atomic E-state index is 0.0856. The summed E-state index contributed by atoms with van der Waals surface area (Å²) in [6.45, 7) is 0.558. The standard InChI is InChI=1S/C11H19N3O3/c1-13-8-9(12)10(16)14(11(13)17)6-4-2-3-5-7-15/h8,15H,2-7,12H2,1H3. The second-order valence-corrected chi connectivity index (χ2v) is 4.07. The van der Waals surface area contributed by atoms with Crippen molar-refractivity contribution in [2.75, 3.05) is 12.3 Å². The number of anilines is 1. The van der Waals surface area contributed by atoms with Gasteiger partial charge in [0, 0.05) is 26.4 Å². The van der Waals surface area contributed by atoms with Crippen molar-refractivity contribution in [3.8, 4) is 0 Å². The summed E-state index contributed by atoms with van der Waals surface area (Å²) in [4.78, 5) is 23.3. The van der Waals surface area contributed by atoms with Crippen LogP contribution in [-0.2, 0) is 13.6 Å². The SMILES string of the molecule is Cn1cc(N)c(=O)n(CCCCCCO)c1=O. The topological polar surface area (TPSA) is 90.2 Å². The number of hydrogen-bond donors (Lipinski definition) is 2. The number of aromatic nitrogens is 2. The van der Waals surface area contributed by atoms with E-state index in [1.54, 1.807) is 7.05 Å². The minimum Gasteiger partial charge on any atom is -0.396 e. The van der Waals surface area contributed by atoms with Gasteiger partial charge in [-0.1, -0.05) is 12.8 Å². The van der Waals surface area contributed by atoms with Gasteiger partial charge in [-0.25, -0.2) is 4.79 Å². The first-order valence-corrected chi connectivity index (χ1v) is 5.74. The lowest BCUT2D eigenvalue weighted by molar-refractivity contribution is 0.282. The Labute approximate surface area is 99.3 Å². The Bertz CT molecular complexity index is 442. The average Bonchev–Trinajstić information content (AvgIpc) is 2.30. The summed E-state index contributed by atoms with van der Waals surface area (Å²) >= 11 is 0. The average molecular weight is 241 g/mol. The Kier molecular flexibility index (Phi) is 4.96. The highest BCUT2D eigenvalue weighted by atomic mass is 16.3. The molecule has 0 aliphatic carbocycles. The first-order chi connectivity index (χ1) is 8.07. The first-order valence-electron chi connectivity index (χ1n) is 5.74. The van der Waals surface area contributed by atoms with E-state index in [0.717, 1.165) is 30.3 Å². The van der Waals surface area contributed by atoms with E-state index in [1.165, 1.54) is 10.8 Å². The molecule has 96 valence electrons. The Balaban J connectivity index is 2.71. The minimum atomic E-state index is -0.421. The monoisotopic (exact) mass is 241 g/mol. The van der Waals surface area contributed by atoms with Crippen LogP contribution in [0.5, 0.6) is 0 Å². The Morgan fingerprint density at radius 1 is 1.24 bits per heavy atom. The third-order valence-corrected chi connectivity index (χ3v) is 2.65. The number of hydrogen-bond acceptors (Lipinski definition) is 4. The van der Waals surface area contributed by atoms with Crippen LogP contribution in [0.25, 0.3) is 0 Å². The van der Waals surface area contributed by atoms with Gasteiger partial charge in [-0.3, -0.25) is 9.36 Å². The molecule has 0 amide bonds. The fourth-order valence-electron chi connectivity index (χ4n) is 1.68. The van der Waals surface area contributed by atoms with Gasteiger partial charge in [-0.2, -0.15) is 0 Å². The van der Waals surface area contributed by atoms with Crippen molar-refractivity contribution < 1.29 is 5.11 Å². The maximum Gasteiger partial charge on any atom is 0.330 e. The zero-order chi connectivity index (χ0) is 12.8. The fraction of sp³-hybridized carbons (Fsp3) is 0.636. The second-order valence-electron chi connectivity index (χ2n) is 4.07. The molecule has 1 aromatic heterocycles. The van der Waals surface area contributed by atoms with E-state index in [2.05, 4.69) is 0 Å². The number of aliphatic hydroxyl groups excluding tert-OH is 1. The number of aryl methyl sites for hydroxylation is 1. The molecule has 6 heteroatoms. The van der Waals surface area contributed by atoms with Crippen LogP contribution in [0, 0.1) is 0 Å². The zero-order valence-electron chi connectivity index (χ0n) is 10.1. The van der Waals surface area contributed by atoms with Crippen LogP contribution in [0.4, 0.5) is 5.69 Å². The number of nitrogens with two attached hydrogens (primary N) is 1. The molecule has 0 bridgehead atoms. The number of rotatable bonds is 6. The molecule has 3 N–H and O–H groups in total. The lowest BCUT2D eigenvalue weighted by Crippen LogP contribution is -2.39. The lowest BCUT2D eigenvalue weighted by Gasteiger charge is -2.07. The number of aliphatic hydroxyl groups is 1. The van der Waals surface area contributed by atoms with Crippen LogP contribution < -0.4 is 17.0 Å². The fourth-order valence-corrected chi connectivity index (χ4v) is 1.68. The summed E-state index contributed by atoms with van der Waals surface area (Å²) in [5.41, 5.74) is 4.84. The molecular formula is C11H19N3O3. The maximum absolute atomic E-state index is 11.7. The molecule has 6 nitrogen and oxygen atoms in total. The first kappa shape index (κ1) is 13.5. The summed E-state index contributed by atoms with van der Waals surface area (Å²) in [6.07, 6.45) is 4.61. The predicted molar refractivity (Wildman–Crippen MR) is 65.9 cm³/mol. The Morgan fingerprint density at radius 2 is 1.88 bits per heavy atom. The van der Waals surface area contributed by atoms with Crippen molar-refractivity contribution in [1.29, 1.82) is 0 Å². The van der Waals surface area contributed by atoms with Crippen LogP contribution in [-0.4, -0.2) is 20.8 Å². The van der Waals surface area contributed by atoms with Gasteiger partial charge in [0.15, 0.2) is 0 Å². The zero-order valence-corrected chi connectivity index (χ0v) is 10.1. The van der Waals surface area contributed by atoms with Gasteiger partial charge in [0.2, 0.25) is 0 Å². The maximum atomic E-state index is 11.7.